The molecule has 2 aromatic rings. The van der Waals surface area contributed by atoms with Crippen molar-refractivity contribution in [3.8, 4) is 0 Å². The topological polar surface area (TPSA) is 89.2 Å². The summed E-state index contributed by atoms with van der Waals surface area (Å²) in [6, 6.07) is 3.75. The molecule has 0 unspecified atom stereocenters. The number of pyridine rings is 1. The van der Waals surface area contributed by atoms with Crippen LogP contribution in [-0.2, 0) is 4.74 Å². The van der Waals surface area contributed by atoms with Gasteiger partial charge in [0.1, 0.15) is 18.0 Å². The van der Waals surface area contributed by atoms with Crippen LogP contribution in [0.1, 0.15) is 32.1 Å². The van der Waals surface area contributed by atoms with E-state index in [9.17, 15) is 0 Å². The van der Waals surface area contributed by atoms with Crippen LogP contribution in [0.3, 0.4) is 0 Å². The van der Waals surface area contributed by atoms with Crippen molar-refractivity contribution in [3.63, 3.8) is 0 Å². The first-order chi connectivity index (χ1) is 12.3. The highest BCUT2D eigenvalue weighted by Crippen LogP contribution is 2.35. The summed E-state index contributed by atoms with van der Waals surface area (Å²) in [5.41, 5.74) is 6.61. The lowest BCUT2D eigenvalue weighted by Gasteiger charge is -2.48. The highest BCUT2D eigenvalue weighted by atomic mass is 16.5. The van der Waals surface area contributed by atoms with Gasteiger partial charge in [0.2, 0.25) is 0 Å². The Hall–Kier alpha value is -1.99. The van der Waals surface area contributed by atoms with Gasteiger partial charge in [-0.1, -0.05) is 19.3 Å². The quantitative estimate of drug-likeness (QED) is 0.879. The van der Waals surface area contributed by atoms with Gasteiger partial charge in [0.15, 0.2) is 5.65 Å². The highest BCUT2D eigenvalue weighted by molar-refractivity contribution is 5.87. The Labute approximate surface area is 148 Å². The molecule has 7 heteroatoms. The average molecular weight is 342 g/mol. The van der Waals surface area contributed by atoms with Crippen molar-refractivity contribution in [1.82, 2.24) is 19.9 Å². The minimum absolute atomic E-state index is 0.195. The normalized spacial score (nSPS) is 21.3. The monoisotopic (exact) mass is 342 g/mol. The summed E-state index contributed by atoms with van der Waals surface area (Å²) in [7, 11) is 0. The number of rotatable bonds is 4. The molecule has 2 aromatic heterocycles. The van der Waals surface area contributed by atoms with Gasteiger partial charge in [0.25, 0.3) is 0 Å². The molecule has 2 fully saturated rings. The van der Waals surface area contributed by atoms with Crippen LogP contribution in [0.25, 0.3) is 11.0 Å². The number of nitrogens with zero attached hydrogens (tertiary/aromatic N) is 4. The molecule has 0 atom stereocenters. The van der Waals surface area contributed by atoms with Crippen LogP contribution < -0.4 is 11.1 Å². The van der Waals surface area contributed by atoms with Crippen LogP contribution in [-0.4, -0.2) is 58.2 Å². The van der Waals surface area contributed by atoms with Gasteiger partial charge < -0.3 is 15.8 Å². The van der Waals surface area contributed by atoms with E-state index in [4.69, 9.17) is 10.5 Å². The first kappa shape index (κ1) is 16.5. The maximum Gasteiger partial charge on any atom is 0.166 e. The Morgan fingerprint density at radius 2 is 1.92 bits per heavy atom. The van der Waals surface area contributed by atoms with Crippen LogP contribution in [0.5, 0.6) is 0 Å². The molecule has 0 amide bonds. The number of nitrogens with one attached hydrogen (secondary N) is 1. The minimum atomic E-state index is 0.195. The number of nitrogens with two attached hydrogens (primary N) is 1. The Bertz CT molecular complexity index is 725. The molecule has 0 aromatic carbocycles. The second kappa shape index (κ2) is 7.09. The summed E-state index contributed by atoms with van der Waals surface area (Å²) in [6.07, 6.45) is 7.94. The molecule has 134 valence electrons. The summed E-state index contributed by atoms with van der Waals surface area (Å²) in [5, 5.41) is 4.52. The molecule has 3 N–H and O–H groups in total. The van der Waals surface area contributed by atoms with E-state index in [1.165, 1.54) is 32.1 Å². The average Bonchev–Trinajstić information content (AvgIpc) is 2.67. The summed E-state index contributed by atoms with van der Waals surface area (Å²) in [4.78, 5) is 15.6. The van der Waals surface area contributed by atoms with Crippen LogP contribution in [0.2, 0.25) is 0 Å². The van der Waals surface area contributed by atoms with E-state index in [-0.39, 0.29) is 5.54 Å². The molecular weight excluding hydrogens is 316 g/mol. The summed E-state index contributed by atoms with van der Waals surface area (Å²) < 4.78 is 5.56. The highest BCUT2D eigenvalue weighted by Gasteiger charge is 2.38. The molecule has 0 radical (unpaired) electrons. The van der Waals surface area contributed by atoms with Gasteiger partial charge in [-0.05, 0) is 25.0 Å². The van der Waals surface area contributed by atoms with E-state index in [1.807, 2.05) is 6.07 Å². The molecular formula is C18H26N6O. The molecule has 3 heterocycles. The van der Waals surface area contributed by atoms with Gasteiger partial charge in [-0.3, -0.25) is 4.90 Å². The minimum Gasteiger partial charge on any atom is -0.384 e. The van der Waals surface area contributed by atoms with Gasteiger partial charge in [0, 0.05) is 25.2 Å². The van der Waals surface area contributed by atoms with Gasteiger partial charge in [-0.2, -0.15) is 0 Å². The van der Waals surface area contributed by atoms with Crippen molar-refractivity contribution < 1.29 is 4.74 Å². The summed E-state index contributed by atoms with van der Waals surface area (Å²) in [6.45, 7) is 4.60. The van der Waals surface area contributed by atoms with Crippen molar-refractivity contribution in [1.29, 1.82) is 0 Å². The summed E-state index contributed by atoms with van der Waals surface area (Å²) >= 11 is 0. The van der Waals surface area contributed by atoms with Gasteiger partial charge >= 0.3 is 0 Å². The lowest BCUT2D eigenvalue weighted by atomic mass is 9.79. The Kier molecular flexibility index (Phi) is 4.67. The van der Waals surface area contributed by atoms with E-state index in [0.29, 0.717) is 11.5 Å². The summed E-state index contributed by atoms with van der Waals surface area (Å²) in [5.74, 6) is 1.32. The fraction of sp³-hybridized carbons (Fsp3) is 0.611. The second-order valence-corrected chi connectivity index (χ2v) is 7.07. The fourth-order valence-electron chi connectivity index (χ4n) is 4.20. The standard InChI is InChI=1S/C18H26N6O/c19-15-5-4-14-16(21-13-22-17(14)23-15)20-12-18(6-2-1-3-7-18)24-8-10-25-11-9-24/h4-5,13H,1-3,6-12H2,(H3,19,20,21,22,23). The van der Waals surface area contributed by atoms with E-state index < -0.39 is 0 Å². The van der Waals surface area contributed by atoms with Crippen molar-refractivity contribution in [2.24, 2.45) is 0 Å². The van der Waals surface area contributed by atoms with Gasteiger partial charge in [-0.15, -0.1) is 0 Å². The Balaban J connectivity index is 1.57. The van der Waals surface area contributed by atoms with Crippen LogP contribution in [0, 0.1) is 0 Å². The van der Waals surface area contributed by atoms with Crippen LogP contribution >= 0.6 is 0 Å². The number of fused-ring (bicyclic) bond motifs is 1. The Morgan fingerprint density at radius 1 is 1.12 bits per heavy atom. The number of anilines is 2. The third-order valence-corrected chi connectivity index (χ3v) is 5.57. The molecule has 1 saturated carbocycles. The maximum absolute atomic E-state index is 5.77. The largest absolute Gasteiger partial charge is 0.384 e. The van der Waals surface area contributed by atoms with Crippen molar-refractivity contribution in [2.45, 2.75) is 37.6 Å². The first-order valence-electron chi connectivity index (χ1n) is 9.21. The smallest absolute Gasteiger partial charge is 0.166 e. The van der Waals surface area contributed by atoms with E-state index >= 15 is 0 Å². The fourth-order valence-corrected chi connectivity index (χ4v) is 4.20. The Morgan fingerprint density at radius 3 is 2.72 bits per heavy atom. The number of morpholine rings is 1. The zero-order chi connectivity index (χ0) is 17.1. The SMILES string of the molecule is Nc1ccc2c(NCC3(N4CCOCC4)CCCCC3)ncnc2n1. The number of hydrogen-bond donors (Lipinski definition) is 2. The molecule has 7 nitrogen and oxygen atoms in total. The molecule has 25 heavy (non-hydrogen) atoms. The third kappa shape index (κ3) is 3.39. The van der Waals surface area contributed by atoms with E-state index in [2.05, 4.69) is 25.2 Å². The molecule has 0 spiro atoms. The van der Waals surface area contributed by atoms with Crippen molar-refractivity contribution >= 4 is 22.7 Å². The van der Waals surface area contributed by atoms with E-state index in [0.717, 1.165) is 44.1 Å². The number of hydrogen-bond acceptors (Lipinski definition) is 7. The molecule has 1 aliphatic carbocycles. The predicted molar refractivity (Wildman–Crippen MR) is 98.4 cm³/mol. The predicted octanol–water partition coefficient (Wildman–Crippen LogP) is 2.05. The van der Waals surface area contributed by atoms with Crippen molar-refractivity contribution in [2.75, 3.05) is 43.9 Å². The third-order valence-electron chi connectivity index (χ3n) is 5.57. The maximum atomic E-state index is 5.77. The molecule has 2 aliphatic rings. The van der Waals surface area contributed by atoms with Crippen LogP contribution in [0.15, 0.2) is 18.5 Å². The zero-order valence-corrected chi connectivity index (χ0v) is 14.6. The number of ether oxygens (including phenoxy) is 1. The molecule has 4 rings (SSSR count). The second-order valence-electron chi connectivity index (χ2n) is 7.07. The molecule has 0 bridgehead atoms. The van der Waals surface area contributed by atoms with Gasteiger partial charge in [-0.25, -0.2) is 15.0 Å². The van der Waals surface area contributed by atoms with Crippen molar-refractivity contribution in [3.05, 3.63) is 18.5 Å². The zero-order valence-electron chi connectivity index (χ0n) is 14.6. The lowest BCUT2D eigenvalue weighted by Crippen LogP contribution is -2.58. The van der Waals surface area contributed by atoms with E-state index in [1.54, 1.807) is 12.4 Å². The molecule has 1 aliphatic heterocycles. The van der Waals surface area contributed by atoms with Gasteiger partial charge in [0.05, 0.1) is 18.6 Å². The number of aromatic nitrogens is 3. The molecule has 1 saturated heterocycles. The first-order valence-corrected chi connectivity index (χ1v) is 9.21. The lowest BCUT2D eigenvalue weighted by molar-refractivity contribution is -0.0318. The van der Waals surface area contributed by atoms with Crippen LogP contribution in [0.4, 0.5) is 11.6 Å². The number of nitrogen functional groups attached to an aromatic ring is 1.